The van der Waals surface area contributed by atoms with Crippen LogP contribution < -0.4 is 11.5 Å². The molecule has 4 aromatic heterocycles. The molecule has 18 heteroatoms. The molecule has 2 saturated heterocycles. The number of anilines is 2. The van der Waals surface area contributed by atoms with Crippen LogP contribution in [-0.2, 0) is 9.47 Å². The van der Waals surface area contributed by atoms with E-state index in [1.807, 2.05) is 0 Å². The first kappa shape index (κ1) is 26.2. The normalized spacial score (nSPS) is 31.1. The predicted octanol–water partition coefficient (Wildman–Crippen LogP) is -4.23. The van der Waals surface area contributed by atoms with E-state index in [-0.39, 0.29) is 39.8 Å². The monoisotopic (exact) mass is 556 g/mol. The van der Waals surface area contributed by atoms with Gasteiger partial charge in [0, 0.05) is 0 Å². The van der Waals surface area contributed by atoms with Crippen LogP contribution in [0.4, 0.5) is 11.6 Å². The number of imidazole rings is 2. The van der Waals surface area contributed by atoms with Crippen LogP contribution in [0.5, 0.6) is 0 Å². The summed E-state index contributed by atoms with van der Waals surface area (Å²) in [6.07, 6.45) is -8.85. The van der Waals surface area contributed by atoms with E-state index in [0.29, 0.717) is 0 Å². The first-order valence-electron chi connectivity index (χ1n) is 12.0. The predicted molar refractivity (Wildman–Crippen MR) is 131 cm³/mol. The van der Waals surface area contributed by atoms with Crippen LogP contribution in [0.1, 0.15) is 18.3 Å². The highest BCUT2D eigenvalue weighted by Gasteiger charge is 2.48. The Morgan fingerprint density at radius 2 is 1.52 bits per heavy atom. The lowest BCUT2D eigenvalue weighted by Gasteiger charge is -2.18. The fourth-order valence-corrected chi connectivity index (χ4v) is 4.80. The largest absolute Gasteiger partial charge is 0.394 e. The van der Waals surface area contributed by atoms with Crippen molar-refractivity contribution in [1.29, 1.82) is 0 Å². The van der Waals surface area contributed by atoms with Gasteiger partial charge in [-0.05, 0) is 5.92 Å². The molecule has 0 bridgehead atoms. The number of nitrogens with two attached hydrogens (primary N) is 2. The third-order valence-corrected chi connectivity index (χ3v) is 6.86. The van der Waals surface area contributed by atoms with E-state index in [1.54, 1.807) is 0 Å². The number of nitrogen functional groups attached to an aromatic ring is 2. The second-order valence-electron chi connectivity index (χ2n) is 9.23. The van der Waals surface area contributed by atoms with Crippen LogP contribution in [0.25, 0.3) is 22.3 Å². The van der Waals surface area contributed by atoms with E-state index in [2.05, 4.69) is 41.7 Å². The van der Waals surface area contributed by atoms with Gasteiger partial charge in [-0.1, -0.05) is 5.92 Å². The van der Waals surface area contributed by atoms with Gasteiger partial charge in [-0.15, -0.1) is 0 Å². The minimum Gasteiger partial charge on any atom is -0.394 e. The van der Waals surface area contributed by atoms with Crippen molar-refractivity contribution in [2.24, 2.45) is 0 Å². The first-order chi connectivity index (χ1) is 19.2. The molecule has 0 saturated carbocycles. The fourth-order valence-electron chi connectivity index (χ4n) is 4.80. The first-order valence-corrected chi connectivity index (χ1v) is 12.0. The SMILES string of the molecule is Nc1ncnc2c1ncn2[C@@H]1O[C@H]([C@@H](O)C#Cc2nc3c(N)ncnc3n2[C@@H]2O[C@H](CO)[C@@H](O)[C@H]2O)[C@@H](O)[C@H]1O. The molecule has 0 amide bonds. The third kappa shape index (κ3) is 4.00. The number of fused-ring (bicyclic) bond motifs is 2. The smallest absolute Gasteiger partial charge is 0.190 e. The van der Waals surface area contributed by atoms with Gasteiger partial charge in [0.05, 0.1) is 12.9 Å². The molecule has 40 heavy (non-hydrogen) atoms. The van der Waals surface area contributed by atoms with Gasteiger partial charge in [-0.25, -0.2) is 29.9 Å². The van der Waals surface area contributed by atoms with Gasteiger partial charge < -0.3 is 51.6 Å². The van der Waals surface area contributed by atoms with Gasteiger partial charge in [-0.2, -0.15) is 0 Å². The fraction of sp³-hybridized carbons (Fsp3) is 0.455. The van der Waals surface area contributed by atoms with E-state index in [1.165, 1.54) is 21.8 Å². The van der Waals surface area contributed by atoms with Crippen molar-refractivity contribution in [1.82, 2.24) is 39.0 Å². The van der Waals surface area contributed by atoms with Gasteiger partial charge in [0.1, 0.15) is 60.9 Å². The molecule has 6 heterocycles. The Hall–Kier alpha value is -4.06. The van der Waals surface area contributed by atoms with Gasteiger partial charge in [-0.3, -0.25) is 9.13 Å². The zero-order valence-corrected chi connectivity index (χ0v) is 20.4. The standard InChI is InChI=1S/C22H24N10O8/c23-17-10-19(27-4-25-17)31(6-29-10)21-15(38)13(36)16(40-21)7(34)1-2-9-30-11-18(24)26-5-28-20(11)32(9)22-14(37)12(35)8(3-33)39-22/h4-8,12-16,21-22,33-38H,3H2,(H2,23,25,27)(H2,24,26,28)/t7-,8+,12+,13-,14+,15+,16+,21+,22+/m0/s1. The Balaban J connectivity index is 1.32. The van der Waals surface area contributed by atoms with Gasteiger partial charge in [0.15, 0.2) is 46.7 Å². The summed E-state index contributed by atoms with van der Waals surface area (Å²) in [5.74, 6) is 5.18. The van der Waals surface area contributed by atoms with Crippen LogP contribution >= 0.6 is 0 Å². The molecule has 2 aliphatic rings. The van der Waals surface area contributed by atoms with Gasteiger partial charge in [0.2, 0.25) is 0 Å². The molecule has 2 fully saturated rings. The zero-order valence-electron chi connectivity index (χ0n) is 20.4. The average molecular weight is 556 g/mol. The Kier molecular flexibility index (Phi) is 6.44. The zero-order chi connectivity index (χ0) is 28.3. The number of aromatic nitrogens is 8. The molecule has 6 rings (SSSR count). The van der Waals surface area contributed by atoms with Crippen molar-refractivity contribution < 1.29 is 40.1 Å². The van der Waals surface area contributed by atoms with Crippen LogP contribution in [0, 0.1) is 11.8 Å². The van der Waals surface area contributed by atoms with E-state index in [9.17, 15) is 30.6 Å². The summed E-state index contributed by atoms with van der Waals surface area (Å²) in [5.41, 5.74) is 12.5. The van der Waals surface area contributed by atoms with Crippen LogP contribution in [-0.4, -0.2) is 119 Å². The molecular formula is C22H24N10O8. The number of ether oxygens (including phenoxy) is 2. The number of hydrogen-bond donors (Lipinski definition) is 8. The molecule has 4 aromatic rings. The molecule has 210 valence electrons. The summed E-state index contributed by atoms with van der Waals surface area (Å²) in [6, 6.07) is 0. The van der Waals surface area contributed by atoms with Crippen LogP contribution in [0.2, 0.25) is 0 Å². The minimum absolute atomic E-state index is 0.00314. The Labute approximate surface area is 223 Å². The maximum atomic E-state index is 10.8. The Morgan fingerprint density at radius 3 is 2.23 bits per heavy atom. The number of aliphatic hydroxyl groups excluding tert-OH is 6. The molecule has 0 aromatic carbocycles. The summed E-state index contributed by atoms with van der Waals surface area (Å²) in [7, 11) is 0. The second kappa shape index (κ2) is 9.84. The molecule has 18 nitrogen and oxygen atoms in total. The topological polar surface area (TPSA) is 279 Å². The maximum Gasteiger partial charge on any atom is 0.190 e. The Bertz CT molecular complexity index is 1630. The number of nitrogens with zero attached hydrogens (tertiary/aromatic N) is 8. The van der Waals surface area contributed by atoms with E-state index in [0.717, 1.165) is 6.33 Å². The number of rotatable bonds is 4. The van der Waals surface area contributed by atoms with Crippen LogP contribution in [0.15, 0.2) is 19.0 Å². The number of hydrogen-bond acceptors (Lipinski definition) is 16. The third-order valence-electron chi connectivity index (χ3n) is 6.86. The Morgan fingerprint density at radius 1 is 0.850 bits per heavy atom. The highest BCUT2D eigenvalue weighted by Crippen LogP contribution is 2.35. The molecule has 0 unspecified atom stereocenters. The molecule has 0 radical (unpaired) electrons. The lowest BCUT2D eigenvalue weighted by Crippen LogP contribution is -2.38. The summed E-state index contributed by atoms with van der Waals surface area (Å²) >= 11 is 0. The van der Waals surface area contributed by atoms with Crippen molar-refractivity contribution in [2.45, 2.75) is 55.2 Å². The summed E-state index contributed by atoms with van der Waals surface area (Å²) in [6.45, 7) is -0.566. The lowest BCUT2D eigenvalue weighted by atomic mass is 10.1. The molecule has 0 aliphatic carbocycles. The average Bonchev–Trinajstić information content (AvgIpc) is 3.68. The van der Waals surface area contributed by atoms with Crippen molar-refractivity contribution >= 4 is 34.0 Å². The van der Waals surface area contributed by atoms with E-state index >= 15 is 0 Å². The summed E-state index contributed by atoms with van der Waals surface area (Å²) < 4.78 is 14.0. The molecule has 2 aliphatic heterocycles. The van der Waals surface area contributed by atoms with Crippen molar-refractivity contribution in [3.63, 3.8) is 0 Å². The van der Waals surface area contributed by atoms with Gasteiger partial charge >= 0.3 is 0 Å². The van der Waals surface area contributed by atoms with E-state index in [4.69, 9.17) is 20.9 Å². The van der Waals surface area contributed by atoms with E-state index < -0.39 is 61.8 Å². The van der Waals surface area contributed by atoms with Crippen molar-refractivity contribution in [3.05, 3.63) is 24.8 Å². The molecular weight excluding hydrogens is 532 g/mol. The van der Waals surface area contributed by atoms with Gasteiger partial charge in [0.25, 0.3) is 0 Å². The molecule has 9 atom stereocenters. The maximum absolute atomic E-state index is 10.8. The van der Waals surface area contributed by atoms with Crippen molar-refractivity contribution in [2.75, 3.05) is 18.1 Å². The molecule has 0 spiro atoms. The quantitative estimate of drug-likeness (QED) is 0.111. The highest BCUT2D eigenvalue weighted by atomic mass is 16.6. The summed E-state index contributed by atoms with van der Waals surface area (Å²) in [4.78, 5) is 24.4. The molecule has 10 N–H and O–H groups in total. The van der Waals surface area contributed by atoms with Crippen LogP contribution in [0.3, 0.4) is 0 Å². The highest BCUT2D eigenvalue weighted by molar-refractivity contribution is 5.82. The summed E-state index contributed by atoms with van der Waals surface area (Å²) in [5, 5.41) is 62.5. The number of aliphatic hydroxyl groups is 6. The minimum atomic E-state index is -1.65. The van der Waals surface area contributed by atoms with Crippen molar-refractivity contribution in [3.8, 4) is 11.8 Å². The lowest BCUT2D eigenvalue weighted by molar-refractivity contribution is -0.0674. The second-order valence-corrected chi connectivity index (χ2v) is 9.23.